The summed E-state index contributed by atoms with van der Waals surface area (Å²) in [6.45, 7) is 10.8. The average Bonchev–Trinajstić information content (AvgIpc) is 2.81. The van der Waals surface area contributed by atoms with Gasteiger partial charge in [0.2, 0.25) is 0 Å². The van der Waals surface area contributed by atoms with Gasteiger partial charge in [0.05, 0.1) is 11.6 Å². The molecule has 136 valence electrons. The highest BCUT2D eigenvalue weighted by Gasteiger charge is 2.44. The van der Waals surface area contributed by atoms with Crippen LogP contribution < -0.4 is 4.74 Å². The maximum atomic E-state index is 12.1. The number of pyridine rings is 1. The molecular weight excluding hydrogens is 344 g/mol. The van der Waals surface area contributed by atoms with Crippen molar-refractivity contribution in [1.82, 2.24) is 20.1 Å². The summed E-state index contributed by atoms with van der Waals surface area (Å²) >= 11 is 6.05. The van der Waals surface area contributed by atoms with E-state index in [0.29, 0.717) is 29.6 Å². The summed E-state index contributed by atoms with van der Waals surface area (Å²) in [4.78, 5) is 17.9. The van der Waals surface area contributed by atoms with Crippen LogP contribution in [-0.2, 0) is 4.74 Å². The molecular formula is C17H23ClN4O3. The molecule has 3 rings (SSSR count). The van der Waals surface area contributed by atoms with Crippen molar-refractivity contribution in [2.75, 3.05) is 13.1 Å². The lowest BCUT2D eigenvalue weighted by Gasteiger charge is -2.47. The number of nitrogens with zero attached hydrogens (tertiary/aromatic N) is 3. The van der Waals surface area contributed by atoms with Gasteiger partial charge in [-0.1, -0.05) is 11.6 Å². The SMILES string of the molecule is CC(C)(C)OC(=O)N1CC(C(C)(C)Oc2cc(Cl)nc3[nH]ncc23)C1. The molecule has 7 nitrogen and oxygen atoms in total. The zero-order valence-corrected chi connectivity index (χ0v) is 15.8. The second-order valence-corrected chi connectivity index (χ2v) is 8.25. The van der Waals surface area contributed by atoms with E-state index in [2.05, 4.69) is 15.2 Å². The summed E-state index contributed by atoms with van der Waals surface area (Å²) in [5, 5.41) is 7.90. The van der Waals surface area contributed by atoms with E-state index in [0.717, 1.165) is 5.39 Å². The Morgan fingerprint density at radius 1 is 1.32 bits per heavy atom. The van der Waals surface area contributed by atoms with Gasteiger partial charge in [-0.25, -0.2) is 9.78 Å². The lowest BCUT2D eigenvalue weighted by atomic mass is 9.84. The van der Waals surface area contributed by atoms with Crippen LogP contribution in [-0.4, -0.2) is 50.5 Å². The van der Waals surface area contributed by atoms with Gasteiger partial charge in [-0.2, -0.15) is 5.10 Å². The molecule has 2 aromatic rings. The van der Waals surface area contributed by atoms with Gasteiger partial charge in [0, 0.05) is 25.1 Å². The molecule has 8 heteroatoms. The smallest absolute Gasteiger partial charge is 0.410 e. The van der Waals surface area contributed by atoms with Gasteiger partial charge >= 0.3 is 6.09 Å². The zero-order chi connectivity index (χ0) is 18.4. The second kappa shape index (κ2) is 6.05. The minimum absolute atomic E-state index is 0.189. The number of aromatic nitrogens is 3. The fourth-order valence-electron chi connectivity index (χ4n) is 2.71. The van der Waals surface area contributed by atoms with E-state index in [1.165, 1.54) is 0 Å². The van der Waals surface area contributed by atoms with Crippen LogP contribution in [0.25, 0.3) is 11.0 Å². The first-order valence-electron chi connectivity index (χ1n) is 8.22. The first kappa shape index (κ1) is 17.8. The van der Waals surface area contributed by atoms with E-state index in [1.54, 1.807) is 17.2 Å². The predicted molar refractivity (Wildman–Crippen MR) is 94.9 cm³/mol. The van der Waals surface area contributed by atoms with Crippen molar-refractivity contribution in [3.05, 3.63) is 17.4 Å². The third-order valence-electron chi connectivity index (χ3n) is 4.24. The van der Waals surface area contributed by atoms with Crippen LogP contribution in [0.4, 0.5) is 4.79 Å². The van der Waals surface area contributed by atoms with Crippen molar-refractivity contribution in [3.8, 4) is 5.75 Å². The van der Waals surface area contributed by atoms with Crippen molar-refractivity contribution in [2.24, 2.45) is 5.92 Å². The number of likely N-dealkylation sites (tertiary alicyclic amines) is 1. The number of H-pyrrole nitrogens is 1. The van der Waals surface area contributed by atoms with Crippen molar-refractivity contribution in [2.45, 2.75) is 45.8 Å². The molecule has 1 amide bonds. The van der Waals surface area contributed by atoms with Gasteiger partial charge in [0.15, 0.2) is 5.65 Å². The highest BCUT2D eigenvalue weighted by atomic mass is 35.5. The molecule has 3 heterocycles. The first-order valence-corrected chi connectivity index (χ1v) is 8.59. The Morgan fingerprint density at radius 2 is 2.00 bits per heavy atom. The van der Waals surface area contributed by atoms with Crippen LogP contribution in [0.5, 0.6) is 5.75 Å². The van der Waals surface area contributed by atoms with E-state index in [1.807, 2.05) is 34.6 Å². The van der Waals surface area contributed by atoms with Gasteiger partial charge in [0.1, 0.15) is 22.1 Å². The largest absolute Gasteiger partial charge is 0.486 e. The molecule has 1 saturated heterocycles. The van der Waals surface area contributed by atoms with Crippen LogP contribution in [0, 0.1) is 5.92 Å². The molecule has 1 fully saturated rings. The Hall–Kier alpha value is -2.02. The lowest BCUT2D eigenvalue weighted by Crippen LogP contribution is -2.60. The summed E-state index contributed by atoms with van der Waals surface area (Å²) in [6, 6.07) is 1.69. The molecule has 0 bridgehead atoms. The van der Waals surface area contributed by atoms with Crippen LogP contribution in [0.1, 0.15) is 34.6 Å². The van der Waals surface area contributed by atoms with E-state index in [-0.39, 0.29) is 12.0 Å². The molecule has 1 aliphatic rings. The second-order valence-electron chi connectivity index (χ2n) is 7.86. The Labute approximate surface area is 151 Å². The maximum absolute atomic E-state index is 12.1. The number of fused-ring (bicyclic) bond motifs is 1. The van der Waals surface area contributed by atoms with E-state index < -0.39 is 11.2 Å². The number of ether oxygens (including phenoxy) is 2. The van der Waals surface area contributed by atoms with E-state index >= 15 is 0 Å². The number of hydrogen-bond acceptors (Lipinski definition) is 5. The molecule has 0 aliphatic carbocycles. The summed E-state index contributed by atoms with van der Waals surface area (Å²) < 4.78 is 11.6. The van der Waals surface area contributed by atoms with Crippen LogP contribution in [0.3, 0.4) is 0 Å². The van der Waals surface area contributed by atoms with E-state index in [4.69, 9.17) is 21.1 Å². The van der Waals surface area contributed by atoms with Crippen molar-refractivity contribution < 1.29 is 14.3 Å². The Morgan fingerprint density at radius 3 is 2.64 bits per heavy atom. The summed E-state index contributed by atoms with van der Waals surface area (Å²) in [5.74, 6) is 0.818. The minimum atomic E-state index is -0.491. The fourth-order valence-corrected chi connectivity index (χ4v) is 2.90. The predicted octanol–water partition coefficient (Wildman–Crippen LogP) is 3.64. The monoisotopic (exact) mass is 366 g/mol. The lowest BCUT2D eigenvalue weighted by molar-refractivity contribution is -0.0544. The third kappa shape index (κ3) is 3.81. The van der Waals surface area contributed by atoms with Gasteiger partial charge in [-0.3, -0.25) is 5.10 Å². The molecule has 1 N–H and O–H groups in total. The summed E-state index contributed by atoms with van der Waals surface area (Å²) in [5.41, 5.74) is -0.385. The molecule has 0 saturated carbocycles. The maximum Gasteiger partial charge on any atom is 0.410 e. The van der Waals surface area contributed by atoms with Crippen molar-refractivity contribution in [1.29, 1.82) is 0 Å². The van der Waals surface area contributed by atoms with E-state index in [9.17, 15) is 4.79 Å². The van der Waals surface area contributed by atoms with Crippen LogP contribution in [0.15, 0.2) is 12.3 Å². The number of carbonyl (C=O) groups excluding carboxylic acids is 1. The number of halogens is 1. The molecule has 2 aromatic heterocycles. The number of rotatable bonds is 3. The third-order valence-corrected chi connectivity index (χ3v) is 4.44. The van der Waals surface area contributed by atoms with Gasteiger partial charge in [-0.05, 0) is 34.6 Å². The number of amides is 1. The zero-order valence-electron chi connectivity index (χ0n) is 15.1. The molecule has 0 unspecified atom stereocenters. The number of aromatic amines is 1. The highest BCUT2D eigenvalue weighted by Crippen LogP contribution is 2.35. The molecule has 0 aromatic carbocycles. The normalized spacial score (nSPS) is 16.0. The Kier molecular flexibility index (Phi) is 4.31. The van der Waals surface area contributed by atoms with Gasteiger partial charge in [0.25, 0.3) is 0 Å². The quantitative estimate of drug-likeness (QED) is 0.839. The van der Waals surface area contributed by atoms with Crippen LogP contribution >= 0.6 is 11.6 Å². The molecule has 0 radical (unpaired) electrons. The topological polar surface area (TPSA) is 80.3 Å². The van der Waals surface area contributed by atoms with Crippen LogP contribution in [0.2, 0.25) is 5.15 Å². The number of carbonyl (C=O) groups is 1. The molecule has 1 aliphatic heterocycles. The minimum Gasteiger partial charge on any atom is -0.486 e. The fraction of sp³-hybridized carbons (Fsp3) is 0.588. The Balaban J connectivity index is 1.67. The number of hydrogen-bond donors (Lipinski definition) is 1. The first-order chi connectivity index (χ1) is 11.5. The summed E-state index contributed by atoms with van der Waals surface area (Å²) in [6.07, 6.45) is 1.38. The highest BCUT2D eigenvalue weighted by molar-refractivity contribution is 6.30. The number of nitrogens with one attached hydrogen (secondary N) is 1. The summed E-state index contributed by atoms with van der Waals surface area (Å²) in [7, 11) is 0. The Bertz CT molecular complexity index is 791. The standard InChI is InChI=1S/C17H23ClN4O3/c1-16(2,3)25-15(23)22-8-10(9-22)17(4,5)24-12-6-13(18)20-14-11(12)7-19-21-14/h6-7,10H,8-9H2,1-5H3,(H,19,20,21). The van der Waals surface area contributed by atoms with Crippen molar-refractivity contribution in [3.63, 3.8) is 0 Å². The molecule has 0 spiro atoms. The van der Waals surface area contributed by atoms with Gasteiger partial charge < -0.3 is 14.4 Å². The molecule has 0 atom stereocenters. The van der Waals surface area contributed by atoms with Crippen molar-refractivity contribution >= 4 is 28.7 Å². The average molecular weight is 367 g/mol. The molecule has 25 heavy (non-hydrogen) atoms. The van der Waals surface area contributed by atoms with Gasteiger partial charge in [-0.15, -0.1) is 0 Å².